The molecule has 4 nitrogen and oxygen atoms in total. The standard InChI is InChI=1S/C12H16FNO3S/c1-5-8(2)14-18(15,16)11-7-6-10(17-4)12(13)9(11)3/h5-8,14H,1H2,2-4H3. The third-order valence-electron chi connectivity index (χ3n) is 2.51. The van der Waals surface area contributed by atoms with Crippen LogP contribution in [-0.4, -0.2) is 21.6 Å². The van der Waals surface area contributed by atoms with Gasteiger partial charge in [-0.05, 0) is 26.0 Å². The van der Waals surface area contributed by atoms with Crippen molar-refractivity contribution in [2.45, 2.75) is 24.8 Å². The Morgan fingerprint density at radius 3 is 2.61 bits per heavy atom. The van der Waals surface area contributed by atoms with E-state index >= 15 is 0 Å². The molecule has 0 aromatic heterocycles. The minimum Gasteiger partial charge on any atom is -0.494 e. The fourth-order valence-electron chi connectivity index (χ4n) is 1.45. The number of sulfonamides is 1. The number of halogens is 1. The Hall–Kier alpha value is -1.40. The maximum atomic E-state index is 13.8. The number of rotatable bonds is 5. The molecule has 0 bridgehead atoms. The predicted octanol–water partition coefficient (Wildman–Crippen LogP) is 2.00. The van der Waals surface area contributed by atoms with Crippen LogP contribution in [0.3, 0.4) is 0 Å². The second kappa shape index (κ2) is 5.49. The van der Waals surface area contributed by atoms with Gasteiger partial charge in [-0.1, -0.05) is 6.08 Å². The van der Waals surface area contributed by atoms with Crippen LogP contribution in [0, 0.1) is 12.7 Å². The third-order valence-corrected chi connectivity index (χ3v) is 4.21. The summed E-state index contributed by atoms with van der Waals surface area (Å²) in [5.74, 6) is -0.658. The summed E-state index contributed by atoms with van der Waals surface area (Å²) in [7, 11) is -2.44. The summed E-state index contributed by atoms with van der Waals surface area (Å²) >= 11 is 0. The van der Waals surface area contributed by atoms with E-state index in [1.807, 2.05) is 0 Å². The van der Waals surface area contributed by atoms with Crippen molar-refractivity contribution in [3.63, 3.8) is 0 Å². The summed E-state index contributed by atoms with van der Waals surface area (Å²) in [5, 5.41) is 0. The van der Waals surface area contributed by atoms with E-state index < -0.39 is 21.9 Å². The first-order chi connectivity index (χ1) is 8.33. The first kappa shape index (κ1) is 14.7. The summed E-state index contributed by atoms with van der Waals surface area (Å²) < 4.78 is 45.0. The van der Waals surface area contributed by atoms with Crippen molar-refractivity contribution < 1.29 is 17.5 Å². The van der Waals surface area contributed by atoms with Crippen LogP contribution in [0.1, 0.15) is 12.5 Å². The van der Waals surface area contributed by atoms with Gasteiger partial charge in [0.25, 0.3) is 0 Å². The van der Waals surface area contributed by atoms with Gasteiger partial charge in [0.15, 0.2) is 11.6 Å². The molecule has 0 aliphatic carbocycles. The van der Waals surface area contributed by atoms with Gasteiger partial charge >= 0.3 is 0 Å². The zero-order valence-corrected chi connectivity index (χ0v) is 11.3. The van der Waals surface area contributed by atoms with Crippen molar-refractivity contribution in [2.24, 2.45) is 0 Å². The summed E-state index contributed by atoms with van der Waals surface area (Å²) in [4.78, 5) is -0.102. The van der Waals surface area contributed by atoms with Crippen LogP contribution in [0.4, 0.5) is 4.39 Å². The molecule has 1 aromatic rings. The van der Waals surface area contributed by atoms with Crippen molar-refractivity contribution in [2.75, 3.05) is 7.11 Å². The van der Waals surface area contributed by atoms with Gasteiger partial charge in [0.1, 0.15) is 0 Å². The van der Waals surface area contributed by atoms with E-state index in [-0.39, 0.29) is 16.2 Å². The number of methoxy groups -OCH3 is 1. The second-order valence-electron chi connectivity index (χ2n) is 3.85. The number of hydrogen-bond acceptors (Lipinski definition) is 3. The maximum Gasteiger partial charge on any atom is 0.241 e. The SMILES string of the molecule is C=CC(C)NS(=O)(=O)c1ccc(OC)c(F)c1C. The van der Waals surface area contributed by atoms with E-state index in [2.05, 4.69) is 11.3 Å². The van der Waals surface area contributed by atoms with E-state index in [1.165, 1.54) is 32.2 Å². The first-order valence-electron chi connectivity index (χ1n) is 5.31. The lowest BCUT2D eigenvalue weighted by molar-refractivity contribution is 0.384. The molecule has 0 aliphatic rings. The molecule has 0 fully saturated rings. The quantitative estimate of drug-likeness (QED) is 0.835. The summed E-state index contributed by atoms with van der Waals surface area (Å²) in [6.45, 7) is 6.52. The molecule has 0 amide bonds. The Morgan fingerprint density at radius 1 is 1.50 bits per heavy atom. The van der Waals surface area contributed by atoms with E-state index in [0.29, 0.717) is 0 Å². The van der Waals surface area contributed by atoms with Gasteiger partial charge in [-0.3, -0.25) is 0 Å². The summed E-state index contributed by atoms with van der Waals surface area (Å²) in [6, 6.07) is 2.17. The molecule has 1 N–H and O–H groups in total. The molecule has 18 heavy (non-hydrogen) atoms. The highest BCUT2D eigenvalue weighted by Crippen LogP contribution is 2.25. The highest BCUT2D eigenvalue weighted by atomic mass is 32.2. The zero-order chi connectivity index (χ0) is 13.9. The normalized spacial score (nSPS) is 13.1. The zero-order valence-electron chi connectivity index (χ0n) is 10.5. The molecule has 1 atom stereocenters. The monoisotopic (exact) mass is 273 g/mol. The van der Waals surface area contributed by atoms with Crippen molar-refractivity contribution in [3.05, 3.63) is 36.2 Å². The molecule has 0 heterocycles. The van der Waals surface area contributed by atoms with Crippen molar-refractivity contribution in [1.82, 2.24) is 4.72 Å². The summed E-state index contributed by atoms with van der Waals surface area (Å²) in [6.07, 6.45) is 1.45. The molecule has 1 unspecified atom stereocenters. The van der Waals surface area contributed by atoms with Gasteiger partial charge in [-0.25, -0.2) is 17.5 Å². The second-order valence-corrected chi connectivity index (χ2v) is 5.53. The van der Waals surface area contributed by atoms with Crippen molar-refractivity contribution in [3.8, 4) is 5.75 Å². The number of benzene rings is 1. The molecule has 1 rings (SSSR count). The lowest BCUT2D eigenvalue weighted by Crippen LogP contribution is -2.31. The Balaban J connectivity index is 3.26. The number of ether oxygens (including phenoxy) is 1. The van der Waals surface area contributed by atoms with Gasteiger partial charge in [0.05, 0.1) is 12.0 Å². The molecule has 1 aromatic carbocycles. The largest absolute Gasteiger partial charge is 0.494 e. The number of nitrogens with one attached hydrogen (secondary N) is 1. The van der Waals surface area contributed by atoms with E-state index in [0.717, 1.165) is 0 Å². The molecule has 100 valence electrons. The lowest BCUT2D eigenvalue weighted by atomic mass is 10.2. The average molecular weight is 273 g/mol. The minimum absolute atomic E-state index is 0.0169. The topological polar surface area (TPSA) is 55.4 Å². The van der Waals surface area contributed by atoms with Gasteiger partial charge in [0.2, 0.25) is 10.0 Å². The Morgan fingerprint density at radius 2 is 2.11 bits per heavy atom. The van der Waals surface area contributed by atoms with E-state index in [1.54, 1.807) is 6.92 Å². The van der Waals surface area contributed by atoms with Crippen LogP contribution in [0.15, 0.2) is 29.7 Å². The molecule has 6 heteroatoms. The molecular formula is C12H16FNO3S. The van der Waals surface area contributed by atoms with E-state index in [9.17, 15) is 12.8 Å². The van der Waals surface area contributed by atoms with Gasteiger partial charge in [-0.15, -0.1) is 6.58 Å². The Bertz CT molecular complexity index is 555. The fourth-order valence-corrected chi connectivity index (χ4v) is 2.90. The molecule has 0 radical (unpaired) electrons. The fraction of sp³-hybridized carbons (Fsp3) is 0.333. The van der Waals surface area contributed by atoms with Crippen LogP contribution >= 0.6 is 0 Å². The van der Waals surface area contributed by atoms with Gasteiger partial charge < -0.3 is 4.74 Å². The highest BCUT2D eigenvalue weighted by Gasteiger charge is 2.22. The van der Waals surface area contributed by atoms with Crippen LogP contribution in [0.2, 0.25) is 0 Å². The van der Waals surface area contributed by atoms with Crippen molar-refractivity contribution >= 4 is 10.0 Å². The minimum atomic E-state index is -3.77. The van der Waals surface area contributed by atoms with Crippen LogP contribution in [-0.2, 0) is 10.0 Å². The van der Waals surface area contributed by atoms with Crippen LogP contribution in [0.5, 0.6) is 5.75 Å². The predicted molar refractivity (Wildman–Crippen MR) is 67.7 cm³/mol. The van der Waals surface area contributed by atoms with Crippen LogP contribution < -0.4 is 9.46 Å². The Kier molecular flexibility index (Phi) is 4.48. The molecule has 0 aliphatic heterocycles. The first-order valence-corrected chi connectivity index (χ1v) is 6.79. The maximum absolute atomic E-state index is 13.8. The van der Waals surface area contributed by atoms with Gasteiger partial charge in [0, 0.05) is 11.6 Å². The average Bonchev–Trinajstić information content (AvgIpc) is 2.31. The molecule has 0 spiro atoms. The molecule has 0 saturated heterocycles. The van der Waals surface area contributed by atoms with Crippen LogP contribution in [0.25, 0.3) is 0 Å². The van der Waals surface area contributed by atoms with Crippen molar-refractivity contribution in [1.29, 1.82) is 0 Å². The number of hydrogen-bond donors (Lipinski definition) is 1. The summed E-state index contributed by atoms with van der Waals surface area (Å²) in [5.41, 5.74) is 0.0260. The lowest BCUT2D eigenvalue weighted by Gasteiger charge is -2.13. The molecular weight excluding hydrogens is 257 g/mol. The Labute approximate surface area is 107 Å². The smallest absolute Gasteiger partial charge is 0.241 e. The third kappa shape index (κ3) is 2.88. The molecule has 0 saturated carbocycles. The van der Waals surface area contributed by atoms with E-state index in [4.69, 9.17) is 4.74 Å². The van der Waals surface area contributed by atoms with Gasteiger partial charge in [-0.2, -0.15) is 0 Å². The highest BCUT2D eigenvalue weighted by molar-refractivity contribution is 7.89.